The molecule has 0 bridgehead atoms. The highest BCUT2D eigenvalue weighted by Crippen LogP contribution is 2.40. The van der Waals surface area contributed by atoms with E-state index in [0.29, 0.717) is 11.1 Å². The van der Waals surface area contributed by atoms with Gasteiger partial charge in [-0.3, -0.25) is 0 Å². The Kier molecular flexibility index (Phi) is 2.70. The van der Waals surface area contributed by atoms with Crippen LogP contribution in [0.3, 0.4) is 0 Å². The van der Waals surface area contributed by atoms with E-state index in [0.717, 1.165) is 28.4 Å². The molecule has 1 aromatic carbocycles. The van der Waals surface area contributed by atoms with Crippen molar-refractivity contribution < 1.29 is 4.74 Å². The van der Waals surface area contributed by atoms with Crippen LogP contribution in [0.5, 0.6) is 10.9 Å². The van der Waals surface area contributed by atoms with E-state index >= 15 is 0 Å². The zero-order valence-electron chi connectivity index (χ0n) is 10.4. The van der Waals surface area contributed by atoms with E-state index in [-0.39, 0.29) is 0 Å². The standard InChI is InChI=1S/C13H15N3OS/c1-7-5-8(2)11(6-10(7)14)17-13-15-12(16-18-13)9-3-4-9/h5-6,9H,3-4,14H2,1-2H3. The summed E-state index contributed by atoms with van der Waals surface area (Å²) < 4.78 is 10.1. The van der Waals surface area contributed by atoms with Crippen molar-refractivity contribution in [3.63, 3.8) is 0 Å². The van der Waals surface area contributed by atoms with E-state index in [1.807, 2.05) is 26.0 Å². The van der Waals surface area contributed by atoms with Crippen molar-refractivity contribution in [2.75, 3.05) is 5.73 Å². The highest BCUT2D eigenvalue weighted by atomic mass is 32.1. The number of benzene rings is 1. The highest BCUT2D eigenvalue weighted by molar-refractivity contribution is 7.07. The van der Waals surface area contributed by atoms with E-state index in [1.165, 1.54) is 24.4 Å². The highest BCUT2D eigenvalue weighted by Gasteiger charge is 2.28. The molecule has 94 valence electrons. The van der Waals surface area contributed by atoms with Gasteiger partial charge in [0.15, 0.2) is 0 Å². The number of hydrogen-bond acceptors (Lipinski definition) is 5. The lowest BCUT2D eigenvalue weighted by atomic mass is 10.1. The molecule has 1 aromatic heterocycles. The Morgan fingerprint density at radius 2 is 2.06 bits per heavy atom. The van der Waals surface area contributed by atoms with E-state index in [1.54, 1.807) is 0 Å². The Morgan fingerprint density at radius 3 is 2.78 bits per heavy atom. The summed E-state index contributed by atoms with van der Waals surface area (Å²) in [5, 5.41) is 0.600. The normalized spacial score (nSPS) is 14.8. The van der Waals surface area contributed by atoms with Gasteiger partial charge in [0.2, 0.25) is 0 Å². The molecule has 18 heavy (non-hydrogen) atoms. The Morgan fingerprint density at radius 1 is 1.28 bits per heavy atom. The van der Waals surface area contributed by atoms with E-state index in [9.17, 15) is 0 Å². The number of nitrogens with zero attached hydrogens (tertiary/aromatic N) is 2. The molecule has 0 spiro atoms. The lowest BCUT2D eigenvalue weighted by Crippen LogP contribution is -1.94. The van der Waals surface area contributed by atoms with Gasteiger partial charge in [-0.1, -0.05) is 6.07 Å². The second kappa shape index (κ2) is 4.24. The van der Waals surface area contributed by atoms with Crippen LogP contribution in [0.1, 0.15) is 35.7 Å². The molecule has 2 N–H and O–H groups in total. The van der Waals surface area contributed by atoms with Gasteiger partial charge in [-0.15, -0.1) is 0 Å². The summed E-state index contributed by atoms with van der Waals surface area (Å²) in [4.78, 5) is 4.41. The lowest BCUT2D eigenvalue weighted by molar-refractivity contribution is 0.473. The van der Waals surface area contributed by atoms with E-state index < -0.39 is 0 Å². The monoisotopic (exact) mass is 261 g/mol. The fourth-order valence-corrected chi connectivity index (χ4v) is 2.44. The molecule has 4 nitrogen and oxygen atoms in total. The Hall–Kier alpha value is -1.62. The average molecular weight is 261 g/mol. The molecule has 0 radical (unpaired) electrons. The summed E-state index contributed by atoms with van der Waals surface area (Å²) in [6.45, 7) is 3.99. The quantitative estimate of drug-likeness (QED) is 0.860. The molecule has 1 fully saturated rings. The van der Waals surface area contributed by atoms with Crippen LogP contribution >= 0.6 is 11.5 Å². The topological polar surface area (TPSA) is 61.0 Å². The van der Waals surface area contributed by atoms with Crippen LogP contribution in [-0.2, 0) is 0 Å². The molecule has 0 atom stereocenters. The van der Waals surface area contributed by atoms with Crippen LogP contribution in [0.2, 0.25) is 0 Å². The molecule has 3 rings (SSSR count). The summed E-state index contributed by atoms with van der Waals surface area (Å²) in [6, 6.07) is 3.87. The number of aromatic nitrogens is 2. The van der Waals surface area contributed by atoms with Gasteiger partial charge in [0.1, 0.15) is 11.6 Å². The third-order valence-corrected chi connectivity index (χ3v) is 3.74. The van der Waals surface area contributed by atoms with Gasteiger partial charge >= 0.3 is 0 Å². The number of anilines is 1. The van der Waals surface area contributed by atoms with Crippen molar-refractivity contribution in [2.45, 2.75) is 32.6 Å². The second-order valence-electron chi connectivity index (χ2n) is 4.77. The molecule has 1 heterocycles. The Balaban J connectivity index is 1.84. The summed E-state index contributed by atoms with van der Waals surface area (Å²) in [5.74, 6) is 2.24. The summed E-state index contributed by atoms with van der Waals surface area (Å²) in [5.41, 5.74) is 8.76. The molecule has 1 aliphatic carbocycles. The van der Waals surface area contributed by atoms with Gasteiger partial charge < -0.3 is 10.5 Å². The maximum Gasteiger partial charge on any atom is 0.298 e. The van der Waals surface area contributed by atoms with Crippen LogP contribution in [0.4, 0.5) is 5.69 Å². The van der Waals surface area contributed by atoms with Crippen molar-refractivity contribution >= 4 is 17.2 Å². The van der Waals surface area contributed by atoms with E-state index in [4.69, 9.17) is 10.5 Å². The molecule has 0 saturated heterocycles. The molecule has 1 saturated carbocycles. The van der Waals surface area contributed by atoms with Crippen LogP contribution in [0.15, 0.2) is 12.1 Å². The van der Waals surface area contributed by atoms with Gasteiger partial charge in [-0.05, 0) is 37.8 Å². The third-order valence-electron chi connectivity index (χ3n) is 3.13. The van der Waals surface area contributed by atoms with Crippen LogP contribution in [0.25, 0.3) is 0 Å². The summed E-state index contributed by atoms with van der Waals surface area (Å²) in [7, 11) is 0. The van der Waals surface area contributed by atoms with Gasteiger partial charge in [-0.25, -0.2) is 0 Å². The minimum absolute atomic E-state index is 0.558. The first-order valence-corrected chi connectivity index (χ1v) is 6.79. The number of aryl methyl sites for hydroxylation is 2. The fraction of sp³-hybridized carbons (Fsp3) is 0.385. The molecule has 1 aliphatic rings. The fourth-order valence-electron chi connectivity index (χ4n) is 1.82. The first kappa shape index (κ1) is 11.5. The zero-order chi connectivity index (χ0) is 12.7. The number of ether oxygens (including phenoxy) is 1. The van der Waals surface area contributed by atoms with Crippen molar-refractivity contribution in [1.82, 2.24) is 9.36 Å². The van der Waals surface area contributed by atoms with Crippen molar-refractivity contribution in [1.29, 1.82) is 0 Å². The molecular formula is C13H15N3OS. The smallest absolute Gasteiger partial charge is 0.298 e. The average Bonchev–Trinajstić information content (AvgIpc) is 3.07. The predicted octanol–water partition coefficient (Wildman–Crippen LogP) is 3.41. The number of nitrogen functional groups attached to an aromatic ring is 1. The Bertz CT molecular complexity index is 590. The largest absolute Gasteiger partial charge is 0.429 e. The minimum Gasteiger partial charge on any atom is -0.429 e. The number of rotatable bonds is 3. The van der Waals surface area contributed by atoms with Crippen molar-refractivity contribution in [2.24, 2.45) is 0 Å². The predicted molar refractivity (Wildman–Crippen MR) is 72.3 cm³/mol. The van der Waals surface area contributed by atoms with Crippen LogP contribution in [-0.4, -0.2) is 9.36 Å². The molecule has 5 heteroatoms. The van der Waals surface area contributed by atoms with Crippen molar-refractivity contribution in [3.05, 3.63) is 29.1 Å². The molecule has 0 unspecified atom stereocenters. The third kappa shape index (κ3) is 2.18. The molecule has 0 aliphatic heterocycles. The maximum absolute atomic E-state index is 5.89. The Labute approximate surface area is 110 Å². The SMILES string of the molecule is Cc1cc(C)c(Oc2nc(C3CC3)ns2)cc1N. The summed E-state index contributed by atoms with van der Waals surface area (Å²) in [6.07, 6.45) is 2.40. The van der Waals surface area contributed by atoms with Gasteiger partial charge in [0.05, 0.1) is 0 Å². The zero-order valence-corrected chi connectivity index (χ0v) is 11.3. The van der Waals surface area contributed by atoms with E-state index in [2.05, 4.69) is 9.36 Å². The van der Waals surface area contributed by atoms with Crippen LogP contribution in [0, 0.1) is 13.8 Å². The minimum atomic E-state index is 0.558. The second-order valence-corrected chi connectivity index (χ2v) is 5.48. The molecule has 0 amide bonds. The molecule has 2 aromatic rings. The first-order chi connectivity index (χ1) is 8.63. The maximum atomic E-state index is 5.89. The van der Waals surface area contributed by atoms with Crippen molar-refractivity contribution in [3.8, 4) is 10.9 Å². The first-order valence-electron chi connectivity index (χ1n) is 6.01. The number of hydrogen-bond donors (Lipinski definition) is 1. The van der Waals surface area contributed by atoms with Crippen LogP contribution < -0.4 is 10.5 Å². The van der Waals surface area contributed by atoms with Gasteiger partial charge in [0, 0.05) is 29.2 Å². The van der Waals surface area contributed by atoms with Gasteiger partial charge in [-0.2, -0.15) is 9.36 Å². The summed E-state index contributed by atoms with van der Waals surface area (Å²) >= 11 is 1.31. The van der Waals surface area contributed by atoms with Gasteiger partial charge in [0.25, 0.3) is 5.19 Å². The number of nitrogens with two attached hydrogens (primary N) is 1. The lowest BCUT2D eigenvalue weighted by Gasteiger charge is -2.08. The molecular weight excluding hydrogens is 246 g/mol.